The van der Waals surface area contributed by atoms with E-state index in [0.29, 0.717) is 18.0 Å². The van der Waals surface area contributed by atoms with E-state index in [1.807, 2.05) is 31.4 Å². The van der Waals surface area contributed by atoms with Gasteiger partial charge in [0.05, 0.1) is 22.9 Å². The highest BCUT2D eigenvalue weighted by Crippen LogP contribution is 2.23. The molecule has 0 fully saturated rings. The molecule has 2 aromatic heterocycles. The molecule has 2 N–H and O–H groups in total. The molecule has 1 atom stereocenters. The first-order valence-electron chi connectivity index (χ1n) is 7.43. The summed E-state index contributed by atoms with van der Waals surface area (Å²) in [5.74, 6) is -0.965. The third-order valence-electron chi connectivity index (χ3n) is 3.28. The van der Waals surface area contributed by atoms with E-state index in [1.165, 1.54) is 17.6 Å². The number of thiophene rings is 1. The Morgan fingerprint density at radius 1 is 1.43 bits per heavy atom. The number of nitrogens with zero attached hydrogens (tertiary/aromatic N) is 1. The standard InChI is InChI=1S/C16H20N2O4S/c1-10(2)6-11(16(20)21)8-17-14(19)7-12-9-22-15(18-12)13-4-3-5-23-13/h3-5,9-11H,6-8H2,1-2H3,(H,17,19)(H,20,21). The molecule has 0 aliphatic heterocycles. The Bertz CT molecular complexity index is 649. The van der Waals surface area contributed by atoms with Crippen LogP contribution < -0.4 is 5.32 Å². The van der Waals surface area contributed by atoms with E-state index < -0.39 is 11.9 Å². The summed E-state index contributed by atoms with van der Waals surface area (Å²) in [6, 6.07) is 3.79. The summed E-state index contributed by atoms with van der Waals surface area (Å²) in [5, 5.41) is 13.7. The number of hydrogen-bond acceptors (Lipinski definition) is 5. The molecule has 0 aliphatic carbocycles. The molecule has 1 unspecified atom stereocenters. The summed E-state index contributed by atoms with van der Waals surface area (Å²) in [7, 11) is 0. The van der Waals surface area contributed by atoms with Gasteiger partial charge in [0.1, 0.15) is 6.26 Å². The molecule has 0 spiro atoms. The van der Waals surface area contributed by atoms with Crippen molar-refractivity contribution in [2.45, 2.75) is 26.7 Å². The Hall–Kier alpha value is -2.15. The number of hydrogen-bond donors (Lipinski definition) is 2. The fourth-order valence-corrected chi connectivity index (χ4v) is 2.86. The van der Waals surface area contributed by atoms with Gasteiger partial charge in [-0.15, -0.1) is 11.3 Å². The summed E-state index contributed by atoms with van der Waals surface area (Å²) in [4.78, 5) is 28.3. The van der Waals surface area contributed by atoms with Crippen LogP contribution in [-0.4, -0.2) is 28.5 Å². The second-order valence-electron chi connectivity index (χ2n) is 5.77. The number of carbonyl (C=O) groups is 2. The van der Waals surface area contributed by atoms with Crippen molar-refractivity contribution in [1.29, 1.82) is 0 Å². The maximum atomic E-state index is 11.9. The average molecular weight is 336 g/mol. The van der Waals surface area contributed by atoms with E-state index in [0.717, 1.165) is 4.88 Å². The van der Waals surface area contributed by atoms with E-state index >= 15 is 0 Å². The molecule has 124 valence electrons. The summed E-state index contributed by atoms with van der Waals surface area (Å²) in [5.41, 5.74) is 0.529. The van der Waals surface area contributed by atoms with Crippen LogP contribution >= 0.6 is 11.3 Å². The molecule has 7 heteroatoms. The first-order chi connectivity index (χ1) is 11.0. The van der Waals surface area contributed by atoms with Gasteiger partial charge in [0.2, 0.25) is 11.8 Å². The van der Waals surface area contributed by atoms with E-state index in [-0.39, 0.29) is 24.8 Å². The molecule has 6 nitrogen and oxygen atoms in total. The molecule has 1 amide bonds. The highest BCUT2D eigenvalue weighted by molar-refractivity contribution is 7.13. The minimum atomic E-state index is -0.889. The number of carboxylic acids is 1. The van der Waals surface area contributed by atoms with Gasteiger partial charge in [0.25, 0.3) is 0 Å². The fourth-order valence-electron chi connectivity index (χ4n) is 2.21. The van der Waals surface area contributed by atoms with Crippen LogP contribution in [0.2, 0.25) is 0 Å². The summed E-state index contributed by atoms with van der Waals surface area (Å²) in [6.07, 6.45) is 2.06. The van der Waals surface area contributed by atoms with Gasteiger partial charge in [-0.05, 0) is 23.8 Å². The van der Waals surface area contributed by atoms with Gasteiger partial charge in [-0.3, -0.25) is 9.59 Å². The van der Waals surface area contributed by atoms with Crippen molar-refractivity contribution in [2.24, 2.45) is 11.8 Å². The van der Waals surface area contributed by atoms with Gasteiger partial charge in [-0.2, -0.15) is 0 Å². The topological polar surface area (TPSA) is 92.4 Å². The van der Waals surface area contributed by atoms with Gasteiger partial charge < -0.3 is 14.8 Å². The summed E-state index contributed by atoms with van der Waals surface area (Å²) in [6.45, 7) is 4.04. The highest BCUT2D eigenvalue weighted by Gasteiger charge is 2.20. The Morgan fingerprint density at radius 3 is 2.83 bits per heavy atom. The number of nitrogens with one attached hydrogen (secondary N) is 1. The van der Waals surface area contributed by atoms with Crippen LogP contribution in [0.1, 0.15) is 26.0 Å². The van der Waals surface area contributed by atoms with Crippen molar-refractivity contribution < 1.29 is 19.1 Å². The third kappa shape index (κ3) is 5.21. The van der Waals surface area contributed by atoms with Gasteiger partial charge in [0, 0.05) is 6.54 Å². The van der Waals surface area contributed by atoms with Crippen molar-refractivity contribution in [3.05, 3.63) is 29.5 Å². The first-order valence-corrected chi connectivity index (χ1v) is 8.31. The van der Waals surface area contributed by atoms with Crippen molar-refractivity contribution >= 4 is 23.2 Å². The Morgan fingerprint density at radius 2 is 2.22 bits per heavy atom. The zero-order valence-electron chi connectivity index (χ0n) is 13.1. The second kappa shape index (κ2) is 7.92. The van der Waals surface area contributed by atoms with E-state index in [9.17, 15) is 9.59 Å². The zero-order valence-corrected chi connectivity index (χ0v) is 13.9. The maximum absolute atomic E-state index is 11.9. The molecule has 0 saturated carbocycles. The van der Waals surface area contributed by atoms with Crippen LogP contribution in [-0.2, 0) is 16.0 Å². The van der Waals surface area contributed by atoms with Crippen LogP contribution in [0.25, 0.3) is 10.8 Å². The SMILES string of the molecule is CC(C)CC(CNC(=O)Cc1coc(-c2cccs2)n1)C(=O)O. The van der Waals surface area contributed by atoms with Gasteiger partial charge >= 0.3 is 5.97 Å². The predicted molar refractivity (Wildman–Crippen MR) is 87.1 cm³/mol. The van der Waals surface area contributed by atoms with Gasteiger partial charge in [0.15, 0.2) is 0 Å². The second-order valence-corrected chi connectivity index (χ2v) is 6.71. The molecule has 2 heterocycles. The number of oxazole rings is 1. The van der Waals surface area contributed by atoms with Crippen molar-refractivity contribution in [3.8, 4) is 10.8 Å². The van der Waals surface area contributed by atoms with Crippen LogP contribution in [0.4, 0.5) is 0 Å². The number of aliphatic carboxylic acids is 1. The third-order valence-corrected chi connectivity index (χ3v) is 4.13. The molecule has 0 bridgehead atoms. The molecule has 23 heavy (non-hydrogen) atoms. The highest BCUT2D eigenvalue weighted by atomic mass is 32.1. The Balaban J connectivity index is 1.86. The molecule has 0 aromatic carbocycles. The van der Waals surface area contributed by atoms with Gasteiger partial charge in [-0.25, -0.2) is 4.98 Å². The molecular weight excluding hydrogens is 316 g/mol. The molecule has 2 rings (SSSR count). The van der Waals surface area contributed by atoms with Crippen molar-refractivity contribution in [3.63, 3.8) is 0 Å². The maximum Gasteiger partial charge on any atom is 0.308 e. The van der Waals surface area contributed by atoms with Crippen LogP contribution in [0.3, 0.4) is 0 Å². The van der Waals surface area contributed by atoms with Gasteiger partial charge in [-0.1, -0.05) is 19.9 Å². The van der Waals surface area contributed by atoms with Crippen molar-refractivity contribution in [1.82, 2.24) is 10.3 Å². The molecular formula is C16H20N2O4S. The smallest absolute Gasteiger partial charge is 0.308 e. The van der Waals surface area contributed by atoms with Crippen LogP contribution in [0, 0.1) is 11.8 Å². The molecule has 0 saturated heterocycles. The number of rotatable bonds is 8. The summed E-state index contributed by atoms with van der Waals surface area (Å²) >= 11 is 1.51. The number of carboxylic acid groups (broad SMARTS) is 1. The van der Waals surface area contributed by atoms with E-state index in [1.54, 1.807) is 0 Å². The molecule has 2 aromatic rings. The quantitative estimate of drug-likeness (QED) is 0.773. The monoisotopic (exact) mass is 336 g/mol. The zero-order chi connectivity index (χ0) is 16.8. The lowest BCUT2D eigenvalue weighted by Crippen LogP contribution is -2.34. The van der Waals surface area contributed by atoms with E-state index in [2.05, 4.69) is 10.3 Å². The lowest BCUT2D eigenvalue weighted by atomic mass is 9.97. The number of carbonyl (C=O) groups excluding carboxylic acids is 1. The lowest BCUT2D eigenvalue weighted by Gasteiger charge is -2.15. The van der Waals surface area contributed by atoms with Crippen molar-refractivity contribution in [2.75, 3.05) is 6.54 Å². The van der Waals surface area contributed by atoms with Crippen LogP contribution in [0.5, 0.6) is 0 Å². The number of aromatic nitrogens is 1. The fraction of sp³-hybridized carbons (Fsp3) is 0.438. The normalized spacial score (nSPS) is 12.3. The predicted octanol–water partition coefficient (Wildman–Crippen LogP) is 2.81. The minimum absolute atomic E-state index is 0.0723. The molecule has 0 radical (unpaired) electrons. The largest absolute Gasteiger partial charge is 0.481 e. The number of amides is 1. The summed E-state index contributed by atoms with van der Waals surface area (Å²) < 4.78 is 5.35. The minimum Gasteiger partial charge on any atom is -0.481 e. The van der Waals surface area contributed by atoms with E-state index in [4.69, 9.17) is 9.52 Å². The first kappa shape index (κ1) is 17.2. The lowest BCUT2D eigenvalue weighted by molar-refractivity contribution is -0.142. The van der Waals surface area contributed by atoms with Crippen LogP contribution in [0.15, 0.2) is 28.2 Å². The Kier molecular flexibility index (Phi) is 5.92. The average Bonchev–Trinajstić information content (AvgIpc) is 3.13. The Labute approximate surface area is 138 Å². The molecule has 0 aliphatic rings.